The van der Waals surface area contributed by atoms with Crippen LogP contribution in [-0.4, -0.2) is 82.2 Å². The number of nitrogens with one attached hydrogen (secondary N) is 1. The maximum absolute atomic E-state index is 14.6. The molecule has 0 saturated carbocycles. The number of thioether (sulfide) groups is 2. The van der Waals surface area contributed by atoms with E-state index in [1.807, 2.05) is 49.3 Å². The molecule has 0 aromatic heterocycles. The fourth-order valence-corrected chi connectivity index (χ4v) is 9.31. The minimum atomic E-state index is -1.06. The first-order valence-electron chi connectivity index (χ1n) is 18.1. The molecule has 274 valence electrons. The number of benzene rings is 4. The summed E-state index contributed by atoms with van der Waals surface area (Å²) in [5.41, 5.74) is 5.67. The molecule has 0 aliphatic carbocycles. The Morgan fingerprint density at radius 2 is 1.35 bits per heavy atom. The van der Waals surface area contributed by atoms with Gasteiger partial charge in [-0.15, -0.1) is 11.8 Å². The van der Waals surface area contributed by atoms with Crippen LogP contribution in [0.5, 0.6) is 0 Å². The number of aliphatic carboxylic acids is 1. The van der Waals surface area contributed by atoms with Gasteiger partial charge >= 0.3 is 5.97 Å². The van der Waals surface area contributed by atoms with Crippen LogP contribution in [0.2, 0.25) is 0 Å². The summed E-state index contributed by atoms with van der Waals surface area (Å²) in [4.78, 5) is 44.3. The number of fused-ring (bicyclic) bond motifs is 1. The van der Waals surface area contributed by atoms with E-state index >= 15 is 0 Å². The molecule has 2 amide bonds. The number of hydrogen-bond donors (Lipinski definition) is 2. The molecule has 2 N–H and O–H groups in total. The van der Waals surface area contributed by atoms with Gasteiger partial charge in [0.15, 0.2) is 0 Å². The van der Waals surface area contributed by atoms with Crippen molar-refractivity contribution < 1.29 is 19.5 Å². The van der Waals surface area contributed by atoms with Crippen molar-refractivity contribution in [2.45, 2.75) is 62.5 Å². The van der Waals surface area contributed by atoms with Gasteiger partial charge < -0.3 is 15.3 Å². The van der Waals surface area contributed by atoms with E-state index in [1.54, 1.807) is 4.90 Å². The number of likely N-dealkylation sites (N-methyl/N-ethyl adjacent to an activating group) is 1. The lowest BCUT2D eigenvalue weighted by Crippen LogP contribution is -2.59. The van der Waals surface area contributed by atoms with Crippen LogP contribution in [0.3, 0.4) is 0 Å². The van der Waals surface area contributed by atoms with E-state index < -0.39 is 34.7 Å². The van der Waals surface area contributed by atoms with Crippen LogP contribution in [-0.2, 0) is 32.1 Å². The summed E-state index contributed by atoms with van der Waals surface area (Å²) in [6.45, 7) is 5.09. The number of hydrogen-bond acceptors (Lipinski definition) is 6. The molecule has 0 fully saturated rings. The molecule has 1 unspecified atom stereocenters. The Morgan fingerprint density at radius 3 is 1.85 bits per heavy atom. The molecule has 0 saturated heterocycles. The van der Waals surface area contributed by atoms with Crippen molar-refractivity contribution in [1.29, 1.82) is 0 Å². The summed E-state index contributed by atoms with van der Waals surface area (Å²) >= 11 is 3.45. The van der Waals surface area contributed by atoms with Crippen molar-refractivity contribution in [3.05, 3.63) is 143 Å². The van der Waals surface area contributed by atoms with Crippen LogP contribution in [0.1, 0.15) is 54.5 Å². The molecule has 9 heteroatoms. The van der Waals surface area contributed by atoms with Crippen molar-refractivity contribution in [3.63, 3.8) is 0 Å². The second-order valence-electron chi connectivity index (χ2n) is 13.8. The Labute approximate surface area is 317 Å². The van der Waals surface area contributed by atoms with Gasteiger partial charge in [0, 0.05) is 13.0 Å². The maximum atomic E-state index is 14.6. The van der Waals surface area contributed by atoms with Crippen LogP contribution in [0.4, 0.5) is 0 Å². The summed E-state index contributed by atoms with van der Waals surface area (Å²) in [6.07, 6.45) is 3.41. The van der Waals surface area contributed by atoms with Gasteiger partial charge in [-0.2, -0.15) is 11.8 Å². The summed E-state index contributed by atoms with van der Waals surface area (Å²) in [7, 11) is 2.00. The van der Waals surface area contributed by atoms with E-state index in [9.17, 15) is 19.5 Å². The highest BCUT2D eigenvalue weighted by Crippen LogP contribution is 2.48. The normalized spacial score (nSPS) is 15.6. The van der Waals surface area contributed by atoms with E-state index in [4.69, 9.17) is 0 Å². The Bertz CT molecular complexity index is 1660. The zero-order valence-electron chi connectivity index (χ0n) is 30.6. The van der Waals surface area contributed by atoms with Gasteiger partial charge in [0.25, 0.3) is 0 Å². The van der Waals surface area contributed by atoms with Crippen molar-refractivity contribution in [3.8, 4) is 0 Å². The highest BCUT2D eigenvalue weighted by molar-refractivity contribution is 8.00. The van der Waals surface area contributed by atoms with Gasteiger partial charge in [0.1, 0.15) is 12.1 Å². The van der Waals surface area contributed by atoms with Gasteiger partial charge in [-0.05, 0) is 77.9 Å². The van der Waals surface area contributed by atoms with E-state index in [2.05, 4.69) is 115 Å². The van der Waals surface area contributed by atoms with E-state index in [0.29, 0.717) is 31.7 Å². The average molecular weight is 738 g/mol. The number of carbonyl (C=O) groups is 3. The van der Waals surface area contributed by atoms with E-state index in [1.165, 1.54) is 28.5 Å². The highest BCUT2D eigenvalue weighted by atomic mass is 32.2. The third-order valence-corrected chi connectivity index (χ3v) is 12.2. The number of amides is 2. The third-order valence-electron chi connectivity index (χ3n) is 9.93. The zero-order chi connectivity index (χ0) is 37.1. The summed E-state index contributed by atoms with van der Waals surface area (Å²) in [5, 5.41) is 12.6. The van der Waals surface area contributed by atoms with Crippen LogP contribution in [0.15, 0.2) is 115 Å². The molecule has 52 heavy (non-hydrogen) atoms. The Morgan fingerprint density at radius 1 is 0.827 bits per heavy atom. The molecule has 5 rings (SSSR count). The topological polar surface area (TPSA) is 90.0 Å². The zero-order valence-corrected chi connectivity index (χ0v) is 32.2. The molecule has 1 aliphatic heterocycles. The maximum Gasteiger partial charge on any atom is 0.326 e. The standard InChI is InChI=1S/C43H51N3O4S2/c1-31(2)39(41(48)46-30-33-18-15-14-17-32(33)29-38(46)40(47)44-37(42(49)50)25-28-51-4)45(3)26-16-27-52-43(34-19-8-5-9-20-34,35-21-10-6-11-22-35)36-23-12-7-13-24-36/h5-15,17-24,31,37-39H,16,25-30H2,1-4H3,(H,44,47)(H,49,50)/t37-,38?,39+/m1/s1. The second-order valence-corrected chi connectivity index (χ2v) is 16.1. The molecule has 0 spiro atoms. The fraction of sp³-hybridized carbons (Fsp3) is 0.372. The molecular formula is C43H51N3O4S2. The van der Waals surface area contributed by atoms with Crippen molar-refractivity contribution in [1.82, 2.24) is 15.1 Å². The van der Waals surface area contributed by atoms with Crippen molar-refractivity contribution >= 4 is 41.3 Å². The average Bonchev–Trinajstić information content (AvgIpc) is 3.16. The molecule has 1 heterocycles. The third kappa shape index (κ3) is 9.11. The largest absolute Gasteiger partial charge is 0.480 e. The summed E-state index contributed by atoms with van der Waals surface area (Å²) < 4.78 is -0.416. The molecule has 0 radical (unpaired) electrons. The lowest BCUT2D eigenvalue weighted by Gasteiger charge is -2.41. The first-order chi connectivity index (χ1) is 25.2. The quantitative estimate of drug-likeness (QED) is 0.0867. The van der Waals surface area contributed by atoms with Crippen molar-refractivity contribution in [2.75, 3.05) is 31.4 Å². The Hall–Kier alpha value is -4.05. The first-order valence-corrected chi connectivity index (χ1v) is 20.5. The fourth-order valence-electron chi connectivity index (χ4n) is 7.35. The Kier molecular flexibility index (Phi) is 14.0. The summed E-state index contributed by atoms with van der Waals surface area (Å²) in [5.74, 6) is -0.160. The Balaban J connectivity index is 1.35. The first kappa shape index (κ1) is 39.2. The minimum Gasteiger partial charge on any atom is -0.480 e. The lowest BCUT2D eigenvalue weighted by atomic mass is 9.84. The predicted octanol–water partition coefficient (Wildman–Crippen LogP) is 7.33. The number of carboxylic acid groups (broad SMARTS) is 1. The lowest BCUT2D eigenvalue weighted by molar-refractivity contribution is -0.148. The number of rotatable bonds is 17. The monoisotopic (exact) mass is 737 g/mol. The number of nitrogens with zero attached hydrogens (tertiary/aromatic N) is 2. The molecule has 3 atom stereocenters. The van der Waals surface area contributed by atoms with Gasteiger partial charge in [-0.1, -0.05) is 129 Å². The number of carboxylic acids is 1. The van der Waals surface area contributed by atoms with Crippen LogP contribution >= 0.6 is 23.5 Å². The molecule has 7 nitrogen and oxygen atoms in total. The van der Waals surface area contributed by atoms with E-state index in [0.717, 1.165) is 23.3 Å². The number of carbonyl (C=O) groups excluding carboxylic acids is 2. The second kappa shape index (κ2) is 18.6. The SMILES string of the molecule is CSCC[C@@H](NC(=O)C1Cc2ccccc2CN1C(=O)[C@H](C(C)C)N(C)CCCSC(c1ccccc1)(c1ccccc1)c1ccccc1)C(=O)O. The van der Waals surface area contributed by atoms with Gasteiger partial charge in [-0.3, -0.25) is 14.5 Å². The predicted molar refractivity (Wildman–Crippen MR) is 215 cm³/mol. The van der Waals surface area contributed by atoms with Gasteiger partial charge in [0.05, 0.1) is 10.8 Å². The minimum absolute atomic E-state index is 0.0172. The molecule has 4 aromatic carbocycles. The smallest absolute Gasteiger partial charge is 0.326 e. The van der Waals surface area contributed by atoms with Crippen molar-refractivity contribution in [2.24, 2.45) is 5.92 Å². The van der Waals surface area contributed by atoms with Gasteiger partial charge in [0.2, 0.25) is 11.8 Å². The van der Waals surface area contributed by atoms with Crippen LogP contribution in [0, 0.1) is 5.92 Å². The van der Waals surface area contributed by atoms with Crippen LogP contribution in [0.25, 0.3) is 0 Å². The molecule has 4 aromatic rings. The highest BCUT2D eigenvalue weighted by Gasteiger charge is 2.41. The molecular weight excluding hydrogens is 687 g/mol. The molecule has 0 bridgehead atoms. The molecule has 1 aliphatic rings. The summed E-state index contributed by atoms with van der Waals surface area (Å²) in [6, 6.07) is 37.6. The van der Waals surface area contributed by atoms with Crippen LogP contribution < -0.4 is 5.32 Å². The van der Waals surface area contributed by atoms with E-state index in [-0.39, 0.29) is 11.8 Å². The van der Waals surface area contributed by atoms with Gasteiger partial charge in [-0.25, -0.2) is 4.79 Å².